The van der Waals surface area contributed by atoms with Crippen LogP contribution in [-0.2, 0) is 6.42 Å². The average Bonchev–Trinajstić information content (AvgIpc) is 2.35. The lowest BCUT2D eigenvalue weighted by molar-refractivity contribution is 0.713. The molecule has 0 aromatic heterocycles. The third kappa shape index (κ3) is 2.82. The van der Waals surface area contributed by atoms with Gasteiger partial charge in [0.15, 0.2) is 0 Å². The summed E-state index contributed by atoms with van der Waals surface area (Å²) < 4.78 is 1.13. The van der Waals surface area contributed by atoms with Gasteiger partial charge in [0.25, 0.3) is 0 Å². The molecule has 2 aromatic carbocycles. The minimum absolute atomic E-state index is 0.0450. The molecule has 18 heavy (non-hydrogen) atoms. The molecule has 0 amide bonds. The highest BCUT2D eigenvalue weighted by atomic mass is 79.9. The molecule has 0 heterocycles. The first-order valence-corrected chi connectivity index (χ1v) is 6.94. The lowest BCUT2D eigenvalue weighted by atomic mass is 9.94. The molecule has 0 aliphatic carbocycles. The smallest absolute Gasteiger partial charge is 0.0338 e. The summed E-state index contributed by atoms with van der Waals surface area (Å²) in [5, 5.41) is 0. The fourth-order valence-corrected chi connectivity index (χ4v) is 2.59. The number of benzene rings is 2. The molecule has 0 saturated heterocycles. The van der Waals surface area contributed by atoms with Crippen molar-refractivity contribution in [1.29, 1.82) is 0 Å². The van der Waals surface area contributed by atoms with Crippen LogP contribution in [-0.4, -0.2) is 0 Å². The largest absolute Gasteiger partial charge is 0.324 e. The average molecular weight is 304 g/mol. The second-order valence-electron chi connectivity index (χ2n) is 4.69. The van der Waals surface area contributed by atoms with Gasteiger partial charge in [-0.1, -0.05) is 52.3 Å². The zero-order valence-electron chi connectivity index (χ0n) is 10.8. The first-order chi connectivity index (χ1) is 8.59. The van der Waals surface area contributed by atoms with Crippen molar-refractivity contribution < 1.29 is 0 Å². The Morgan fingerprint density at radius 2 is 1.78 bits per heavy atom. The molecule has 0 aliphatic rings. The highest BCUT2D eigenvalue weighted by Gasteiger charge is 2.12. The predicted molar refractivity (Wildman–Crippen MR) is 80.7 cm³/mol. The second-order valence-corrected chi connectivity index (χ2v) is 5.55. The van der Waals surface area contributed by atoms with Crippen molar-refractivity contribution in [3.05, 3.63) is 69.2 Å². The summed E-state index contributed by atoms with van der Waals surface area (Å²) >= 11 is 3.56. The van der Waals surface area contributed by atoms with Gasteiger partial charge < -0.3 is 5.73 Å². The molecule has 94 valence electrons. The van der Waals surface area contributed by atoms with Crippen molar-refractivity contribution in [2.75, 3.05) is 0 Å². The fraction of sp³-hybridized carbons (Fsp3) is 0.250. The molecule has 1 unspecified atom stereocenters. The van der Waals surface area contributed by atoms with Crippen LogP contribution >= 0.6 is 15.9 Å². The monoisotopic (exact) mass is 303 g/mol. The molecule has 2 N–H and O–H groups in total. The molecular formula is C16H18BrN. The maximum atomic E-state index is 6.34. The Balaban J connectivity index is 2.25. The summed E-state index contributed by atoms with van der Waals surface area (Å²) in [6.45, 7) is 4.24. The van der Waals surface area contributed by atoms with Crippen molar-refractivity contribution in [3.63, 3.8) is 0 Å². The summed E-state index contributed by atoms with van der Waals surface area (Å²) in [6.07, 6.45) is 0.879. The van der Waals surface area contributed by atoms with Crippen LogP contribution in [0.25, 0.3) is 0 Å². The van der Waals surface area contributed by atoms with Crippen LogP contribution in [0.15, 0.2) is 46.9 Å². The topological polar surface area (TPSA) is 26.0 Å². The van der Waals surface area contributed by atoms with Crippen LogP contribution in [0.4, 0.5) is 0 Å². The van der Waals surface area contributed by atoms with Gasteiger partial charge in [0, 0.05) is 10.5 Å². The van der Waals surface area contributed by atoms with E-state index in [-0.39, 0.29) is 6.04 Å². The Bertz CT molecular complexity index is 549. The van der Waals surface area contributed by atoms with Gasteiger partial charge >= 0.3 is 0 Å². The number of hydrogen-bond donors (Lipinski definition) is 1. The van der Waals surface area contributed by atoms with E-state index in [9.17, 15) is 0 Å². The van der Waals surface area contributed by atoms with Gasteiger partial charge in [-0.25, -0.2) is 0 Å². The third-order valence-corrected chi connectivity index (χ3v) is 4.27. The van der Waals surface area contributed by atoms with Crippen LogP contribution in [0, 0.1) is 13.8 Å². The van der Waals surface area contributed by atoms with E-state index in [1.807, 2.05) is 6.07 Å². The van der Waals surface area contributed by atoms with Gasteiger partial charge in [-0.05, 0) is 48.6 Å². The third-order valence-electron chi connectivity index (χ3n) is 3.41. The van der Waals surface area contributed by atoms with E-state index in [2.05, 4.69) is 66.2 Å². The number of hydrogen-bond acceptors (Lipinski definition) is 1. The first-order valence-electron chi connectivity index (χ1n) is 6.14. The normalized spacial score (nSPS) is 12.4. The van der Waals surface area contributed by atoms with Gasteiger partial charge in [0.05, 0.1) is 0 Å². The minimum Gasteiger partial charge on any atom is -0.324 e. The quantitative estimate of drug-likeness (QED) is 0.898. The lowest BCUT2D eigenvalue weighted by Gasteiger charge is -2.17. The maximum absolute atomic E-state index is 6.34. The number of nitrogens with two attached hydrogens (primary N) is 1. The second kappa shape index (κ2) is 5.68. The predicted octanol–water partition coefficient (Wildman–Crippen LogP) is 4.31. The SMILES string of the molecule is Cc1ccccc1CC(N)c1cccc(Br)c1C. The van der Waals surface area contributed by atoms with E-state index in [0.717, 1.165) is 10.9 Å². The Kier molecular flexibility index (Phi) is 4.20. The Labute approximate surface area is 117 Å². The molecule has 2 heteroatoms. The van der Waals surface area contributed by atoms with Crippen molar-refractivity contribution in [3.8, 4) is 0 Å². The van der Waals surface area contributed by atoms with Crippen LogP contribution in [0.2, 0.25) is 0 Å². The van der Waals surface area contributed by atoms with E-state index >= 15 is 0 Å². The summed E-state index contributed by atoms with van der Waals surface area (Å²) in [4.78, 5) is 0. The van der Waals surface area contributed by atoms with Gasteiger partial charge in [-0.2, -0.15) is 0 Å². The molecule has 0 aliphatic heterocycles. The van der Waals surface area contributed by atoms with Gasteiger partial charge in [0.2, 0.25) is 0 Å². The summed E-state index contributed by atoms with van der Waals surface area (Å²) in [6, 6.07) is 14.7. The maximum Gasteiger partial charge on any atom is 0.0338 e. The molecule has 0 radical (unpaired) electrons. The van der Waals surface area contributed by atoms with E-state index in [4.69, 9.17) is 5.73 Å². The molecular weight excluding hydrogens is 286 g/mol. The van der Waals surface area contributed by atoms with Gasteiger partial charge in [-0.15, -0.1) is 0 Å². The fourth-order valence-electron chi connectivity index (χ4n) is 2.21. The molecule has 0 saturated carbocycles. The first kappa shape index (κ1) is 13.3. The van der Waals surface area contributed by atoms with Crippen LogP contribution in [0.5, 0.6) is 0 Å². The van der Waals surface area contributed by atoms with E-state index in [1.54, 1.807) is 0 Å². The van der Waals surface area contributed by atoms with Crippen molar-refractivity contribution >= 4 is 15.9 Å². The Morgan fingerprint density at radius 3 is 2.50 bits per heavy atom. The summed E-state index contributed by atoms with van der Waals surface area (Å²) in [7, 11) is 0. The zero-order chi connectivity index (χ0) is 13.1. The van der Waals surface area contributed by atoms with Crippen LogP contribution < -0.4 is 5.73 Å². The van der Waals surface area contributed by atoms with Crippen molar-refractivity contribution in [2.24, 2.45) is 5.73 Å². The molecule has 0 spiro atoms. The highest BCUT2D eigenvalue weighted by molar-refractivity contribution is 9.10. The van der Waals surface area contributed by atoms with Crippen molar-refractivity contribution in [1.82, 2.24) is 0 Å². The lowest BCUT2D eigenvalue weighted by Crippen LogP contribution is -2.15. The molecule has 2 rings (SSSR count). The van der Waals surface area contributed by atoms with Gasteiger partial charge in [0.1, 0.15) is 0 Å². The molecule has 1 atom stereocenters. The highest BCUT2D eigenvalue weighted by Crippen LogP contribution is 2.26. The van der Waals surface area contributed by atoms with Gasteiger partial charge in [-0.3, -0.25) is 0 Å². The number of rotatable bonds is 3. The number of halogens is 1. The summed E-state index contributed by atoms with van der Waals surface area (Å²) in [5.41, 5.74) is 11.4. The molecule has 1 nitrogen and oxygen atoms in total. The Hall–Kier alpha value is -1.12. The molecule has 0 bridgehead atoms. The van der Waals surface area contributed by atoms with E-state index in [0.29, 0.717) is 0 Å². The molecule has 0 fully saturated rings. The minimum atomic E-state index is 0.0450. The van der Waals surface area contributed by atoms with Crippen LogP contribution in [0.3, 0.4) is 0 Å². The van der Waals surface area contributed by atoms with E-state index < -0.39 is 0 Å². The van der Waals surface area contributed by atoms with Crippen LogP contribution in [0.1, 0.15) is 28.3 Å². The molecule has 2 aromatic rings. The number of aryl methyl sites for hydroxylation is 1. The van der Waals surface area contributed by atoms with E-state index in [1.165, 1.54) is 22.3 Å². The Morgan fingerprint density at radius 1 is 1.06 bits per heavy atom. The standard InChI is InChI=1S/C16H18BrN/c1-11-6-3-4-7-13(11)10-16(18)14-8-5-9-15(17)12(14)2/h3-9,16H,10,18H2,1-2H3. The zero-order valence-corrected chi connectivity index (χ0v) is 12.4. The van der Waals surface area contributed by atoms with Crippen molar-refractivity contribution in [2.45, 2.75) is 26.3 Å². The summed E-state index contributed by atoms with van der Waals surface area (Å²) in [5.74, 6) is 0.